The molecular weight excluding hydrogens is 258 g/mol. The quantitative estimate of drug-likeness (QED) is 0.672. The fourth-order valence-electron chi connectivity index (χ4n) is 2.02. The molecule has 0 saturated heterocycles. The fourth-order valence-corrected chi connectivity index (χ4v) is 3.15. The Labute approximate surface area is 118 Å². The topological polar surface area (TPSA) is 67.2 Å². The molecule has 1 aliphatic rings. The summed E-state index contributed by atoms with van der Waals surface area (Å²) in [6.45, 7) is 7.11. The minimum Gasteiger partial charge on any atom is -0.397 e. The van der Waals surface area contributed by atoms with Gasteiger partial charge in [0, 0.05) is 18.7 Å². The normalized spacial score (nSPS) is 14.2. The molecule has 19 heavy (non-hydrogen) atoms. The number of hydrogen-bond acceptors (Lipinski definition) is 4. The number of carbonyl (C=O) groups excluding carboxylic acids is 1. The molecule has 0 atom stereocenters. The lowest BCUT2D eigenvalue weighted by atomic mass is 10.1. The Balaban J connectivity index is 2.23. The van der Waals surface area contributed by atoms with Crippen molar-refractivity contribution in [1.82, 2.24) is 5.32 Å². The first kappa shape index (κ1) is 13.9. The Kier molecular flexibility index (Phi) is 4.47. The molecule has 0 aliphatic heterocycles. The van der Waals surface area contributed by atoms with E-state index in [2.05, 4.69) is 17.2 Å². The largest absolute Gasteiger partial charge is 0.397 e. The van der Waals surface area contributed by atoms with E-state index in [4.69, 9.17) is 5.73 Å². The van der Waals surface area contributed by atoms with Gasteiger partial charge < -0.3 is 16.4 Å². The minimum absolute atomic E-state index is 0.0575. The molecule has 5 heteroatoms. The van der Waals surface area contributed by atoms with Crippen LogP contribution in [0.2, 0.25) is 0 Å². The summed E-state index contributed by atoms with van der Waals surface area (Å²) in [6.07, 6.45) is 5.07. The average Bonchev–Trinajstić information content (AvgIpc) is 3.18. The molecule has 4 nitrogen and oxygen atoms in total. The van der Waals surface area contributed by atoms with Crippen LogP contribution in [0, 0.1) is 0 Å². The van der Waals surface area contributed by atoms with Crippen LogP contribution in [0.25, 0.3) is 0 Å². The number of thiophene rings is 1. The van der Waals surface area contributed by atoms with Crippen molar-refractivity contribution >= 4 is 27.9 Å². The fraction of sp³-hybridized carbons (Fsp3) is 0.500. The van der Waals surface area contributed by atoms with Crippen molar-refractivity contribution in [3.05, 3.63) is 23.1 Å². The first-order valence-corrected chi connectivity index (χ1v) is 7.55. The van der Waals surface area contributed by atoms with E-state index in [1.54, 1.807) is 0 Å². The van der Waals surface area contributed by atoms with Gasteiger partial charge in [0.2, 0.25) is 0 Å². The molecule has 104 valence electrons. The van der Waals surface area contributed by atoms with E-state index in [-0.39, 0.29) is 5.91 Å². The molecule has 1 aliphatic carbocycles. The number of anilines is 2. The van der Waals surface area contributed by atoms with Crippen LogP contribution in [0.1, 0.15) is 47.3 Å². The highest BCUT2D eigenvalue weighted by molar-refractivity contribution is 7.18. The molecule has 1 fully saturated rings. The van der Waals surface area contributed by atoms with Gasteiger partial charge in [-0.15, -0.1) is 17.9 Å². The number of nitrogens with one attached hydrogen (secondary N) is 2. The SMILES string of the molecule is C=CCNc1sc(C(=O)NCCC)c(N)c1C1CC1. The molecule has 1 saturated carbocycles. The van der Waals surface area contributed by atoms with Crippen LogP contribution in [0.5, 0.6) is 0 Å². The van der Waals surface area contributed by atoms with Gasteiger partial charge in [0.1, 0.15) is 4.88 Å². The molecule has 1 aromatic heterocycles. The summed E-state index contributed by atoms with van der Waals surface area (Å²) in [7, 11) is 0. The van der Waals surface area contributed by atoms with E-state index >= 15 is 0 Å². The molecule has 0 radical (unpaired) electrons. The molecular formula is C14H21N3OS. The standard InChI is InChI=1S/C14H21N3OS/c1-3-7-16-13(18)12-11(15)10(9-5-6-9)14(19-12)17-8-4-2/h4,9,17H,2-3,5-8,15H2,1H3,(H,16,18). The maximum absolute atomic E-state index is 12.1. The summed E-state index contributed by atoms with van der Waals surface area (Å²) in [5.41, 5.74) is 7.97. The zero-order valence-corrected chi connectivity index (χ0v) is 12.1. The van der Waals surface area contributed by atoms with Crippen LogP contribution in [-0.2, 0) is 0 Å². The highest BCUT2D eigenvalue weighted by Crippen LogP contribution is 2.50. The maximum Gasteiger partial charge on any atom is 0.263 e. The van der Waals surface area contributed by atoms with E-state index in [0.717, 1.165) is 17.0 Å². The molecule has 1 heterocycles. The van der Waals surface area contributed by atoms with Gasteiger partial charge in [-0.2, -0.15) is 0 Å². The van der Waals surface area contributed by atoms with Gasteiger partial charge in [-0.3, -0.25) is 4.79 Å². The number of rotatable bonds is 7. The maximum atomic E-state index is 12.1. The number of carbonyl (C=O) groups is 1. The van der Waals surface area contributed by atoms with Crippen molar-refractivity contribution in [2.75, 3.05) is 24.1 Å². The number of amides is 1. The van der Waals surface area contributed by atoms with Gasteiger partial charge in [0.05, 0.1) is 10.7 Å². The Morgan fingerprint density at radius 3 is 2.89 bits per heavy atom. The molecule has 0 bridgehead atoms. The predicted molar refractivity (Wildman–Crippen MR) is 82.0 cm³/mol. The van der Waals surface area contributed by atoms with E-state index in [0.29, 0.717) is 29.6 Å². The summed E-state index contributed by atoms with van der Waals surface area (Å²) in [5.74, 6) is 0.467. The summed E-state index contributed by atoms with van der Waals surface area (Å²) in [6, 6.07) is 0. The van der Waals surface area contributed by atoms with E-state index < -0.39 is 0 Å². The molecule has 0 unspecified atom stereocenters. The van der Waals surface area contributed by atoms with Gasteiger partial charge in [0.25, 0.3) is 5.91 Å². The van der Waals surface area contributed by atoms with E-state index in [9.17, 15) is 4.79 Å². The van der Waals surface area contributed by atoms with Gasteiger partial charge in [-0.25, -0.2) is 0 Å². The van der Waals surface area contributed by atoms with Crippen LogP contribution in [-0.4, -0.2) is 19.0 Å². The second-order valence-corrected chi connectivity index (χ2v) is 5.81. The van der Waals surface area contributed by atoms with Crippen molar-refractivity contribution in [1.29, 1.82) is 0 Å². The van der Waals surface area contributed by atoms with Gasteiger partial charge in [0.15, 0.2) is 0 Å². The lowest BCUT2D eigenvalue weighted by molar-refractivity contribution is 0.0958. The van der Waals surface area contributed by atoms with Crippen LogP contribution in [0.3, 0.4) is 0 Å². The summed E-state index contributed by atoms with van der Waals surface area (Å²) in [5, 5.41) is 7.22. The second kappa shape index (κ2) is 6.10. The Hall–Kier alpha value is -1.49. The first-order chi connectivity index (χ1) is 9.19. The Morgan fingerprint density at radius 1 is 1.58 bits per heavy atom. The predicted octanol–water partition coefficient (Wildman–Crippen LogP) is 2.95. The van der Waals surface area contributed by atoms with E-state index in [1.807, 2.05) is 13.0 Å². The van der Waals surface area contributed by atoms with Crippen LogP contribution in [0.4, 0.5) is 10.7 Å². The third-order valence-corrected chi connectivity index (χ3v) is 4.30. The Bertz CT molecular complexity index is 477. The zero-order valence-electron chi connectivity index (χ0n) is 11.3. The van der Waals surface area contributed by atoms with Crippen molar-refractivity contribution in [3.63, 3.8) is 0 Å². The number of nitrogens with two attached hydrogens (primary N) is 1. The van der Waals surface area contributed by atoms with Gasteiger partial charge in [-0.1, -0.05) is 13.0 Å². The Morgan fingerprint density at radius 2 is 2.32 bits per heavy atom. The minimum atomic E-state index is -0.0575. The molecule has 0 aromatic carbocycles. The van der Waals surface area contributed by atoms with Crippen molar-refractivity contribution in [3.8, 4) is 0 Å². The third kappa shape index (κ3) is 3.10. The lowest BCUT2D eigenvalue weighted by Crippen LogP contribution is -2.23. The number of hydrogen-bond donors (Lipinski definition) is 3. The molecule has 1 amide bonds. The lowest BCUT2D eigenvalue weighted by Gasteiger charge is -2.04. The van der Waals surface area contributed by atoms with Crippen molar-refractivity contribution in [2.45, 2.75) is 32.1 Å². The monoisotopic (exact) mass is 279 g/mol. The zero-order chi connectivity index (χ0) is 13.8. The van der Waals surface area contributed by atoms with Gasteiger partial charge >= 0.3 is 0 Å². The summed E-state index contributed by atoms with van der Waals surface area (Å²) < 4.78 is 0. The molecule has 2 rings (SSSR count). The average molecular weight is 279 g/mol. The number of nitrogen functional groups attached to an aromatic ring is 1. The highest BCUT2D eigenvalue weighted by atomic mass is 32.1. The van der Waals surface area contributed by atoms with E-state index in [1.165, 1.54) is 24.2 Å². The van der Waals surface area contributed by atoms with Crippen LogP contribution < -0.4 is 16.4 Å². The van der Waals surface area contributed by atoms with Gasteiger partial charge in [-0.05, 0) is 25.2 Å². The van der Waals surface area contributed by atoms with Crippen molar-refractivity contribution in [2.24, 2.45) is 0 Å². The molecule has 0 spiro atoms. The summed E-state index contributed by atoms with van der Waals surface area (Å²) in [4.78, 5) is 12.7. The molecule has 4 N–H and O–H groups in total. The third-order valence-electron chi connectivity index (χ3n) is 3.12. The first-order valence-electron chi connectivity index (χ1n) is 6.74. The molecule has 1 aromatic rings. The van der Waals surface area contributed by atoms with Crippen LogP contribution in [0.15, 0.2) is 12.7 Å². The van der Waals surface area contributed by atoms with Crippen molar-refractivity contribution < 1.29 is 4.79 Å². The highest BCUT2D eigenvalue weighted by Gasteiger charge is 2.32. The summed E-state index contributed by atoms with van der Waals surface area (Å²) >= 11 is 1.46. The smallest absolute Gasteiger partial charge is 0.263 e. The second-order valence-electron chi connectivity index (χ2n) is 4.79. The van der Waals surface area contributed by atoms with Crippen LogP contribution >= 0.6 is 11.3 Å².